The van der Waals surface area contributed by atoms with Gasteiger partial charge < -0.3 is 0 Å². The average molecular weight is 263 g/mol. The van der Waals surface area contributed by atoms with E-state index in [9.17, 15) is 0 Å². The average Bonchev–Trinajstić information content (AvgIpc) is 2.97. The van der Waals surface area contributed by atoms with Gasteiger partial charge in [0.05, 0.1) is 12.7 Å². The molecule has 0 radical (unpaired) electrons. The largest absolute Gasteiger partial charge is 0.247 e. The first kappa shape index (κ1) is 12.6. The van der Waals surface area contributed by atoms with Crippen LogP contribution in [0.1, 0.15) is 18.1 Å². The number of nitrogens with zero attached hydrogens (tertiary/aromatic N) is 3. The smallest absolute Gasteiger partial charge is 0.113 e. The SMILES string of the molecule is CCc1ccc(-c2cn(Cc3ccccc3)nn2)cc1. The molecule has 0 fully saturated rings. The molecule has 0 saturated carbocycles. The lowest BCUT2D eigenvalue weighted by Crippen LogP contribution is -1.99. The molecular formula is C17H17N3. The fraction of sp³-hybridized carbons (Fsp3) is 0.176. The molecule has 0 aliphatic rings. The van der Waals surface area contributed by atoms with E-state index in [-0.39, 0.29) is 0 Å². The maximum absolute atomic E-state index is 4.25. The molecule has 1 aromatic heterocycles. The first-order valence-corrected chi connectivity index (χ1v) is 6.88. The molecule has 3 nitrogen and oxygen atoms in total. The van der Waals surface area contributed by atoms with Crippen molar-refractivity contribution in [1.29, 1.82) is 0 Å². The first-order valence-electron chi connectivity index (χ1n) is 6.88. The summed E-state index contributed by atoms with van der Waals surface area (Å²) in [6, 6.07) is 18.8. The third-order valence-electron chi connectivity index (χ3n) is 3.38. The van der Waals surface area contributed by atoms with Gasteiger partial charge in [0, 0.05) is 5.56 Å². The van der Waals surface area contributed by atoms with Crippen molar-refractivity contribution in [3.63, 3.8) is 0 Å². The molecule has 0 aliphatic heterocycles. The zero-order valence-electron chi connectivity index (χ0n) is 11.5. The summed E-state index contributed by atoms with van der Waals surface area (Å²) in [5.41, 5.74) is 4.60. The highest BCUT2D eigenvalue weighted by atomic mass is 15.4. The topological polar surface area (TPSA) is 30.7 Å². The summed E-state index contributed by atoms with van der Waals surface area (Å²) < 4.78 is 1.87. The lowest BCUT2D eigenvalue weighted by molar-refractivity contribution is 0.650. The number of aryl methyl sites for hydroxylation is 1. The van der Waals surface area contributed by atoms with Crippen LogP contribution in [0, 0.1) is 0 Å². The highest BCUT2D eigenvalue weighted by Crippen LogP contribution is 2.17. The molecule has 0 bridgehead atoms. The minimum atomic E-state index is 0.751. The van der Waals surface area contributed by atoms with Crippen molar-refractivity contribution in [2.24, 2.45) is 0 Å². The lowest BCUT2D eigenvalue weighted by Gasteiger charge is -2.00. The van der Waals surface area contributed by atoms with Gasteiger partial charge >= 0.3 is 0 Å². The molecule has 0 saturated heterocycles. The minimum Gasteiger partial charge on any atom is -0.247 e. The summed E-state index contributed by atoms with van der Waals surface area (Å²) in [6.07, 6.45) is 3.05. The molecular weight excluding hydrogens is 246 g/mol. The van der Waals surface area contributed by atoms with Crippen LogP contribution in [-0.2, 0) is 13.0 Å². The Labute approximate surface area is 118 Å². The van der Waals surface area contributed by atoms with Crippen molar-refractivity contribution >= 4 is 0 Å². The predicted molar refractivity (Wildman–Crippen MR) is 80.4 cm³/mol. The Morgan fingerprint density at radius 3 is 2.35 bits per heavy atom. The fourth-order valence-corrected chi connectivity index (χ4v) is 2.19. The highest BCUT2D eigenvalue weighted by molar-refractivity contribution is 5.57. The van der Waals surface area contributed by atoms with Crippen LogP contribution in [0.3, 0.4) is 0 Å². The van der Waals surface area contributed by atoms with E-state index in [1.165, 1.54) is 11.1 Å². The maximum atomic E-state index is 4.25. The molecule has 0 spiro atoms. The van der Waals surface area contributed by atoms with Crippen molar-refractivity contribution in [3.05, 3.63) is 71.9 Å². The van der Waals surface area contributed by atoms with Crippen molar-refractivity contribution in [2.75, 3.05) is 0 Å². The Kier molecular flexibility index (Phi) is 3.59. The van der Waals surface area contributed by atoms with Crippen LogP contribution in [0.25, 0.3) is 11.3 Å². The van der Waals surface area contributed by atoms with Gasteiger partial charge in [0.2, 0.25) is 0 Å². The second kappa shape index (κ2) is 5.70. The zero-order chi connectivity index (χ0) is 13.8. The number of hydrogen-bond donors (Lipinski definition) is 0. The molecule has 3 heteroatoms. The molecule has 2 aromatic carbocycles. The van der Waals surface area contributed by atoms with Crippen LogP contribution >= 0.6 is 0 Å². The van der Waals surface area contributed by atoms with Gasteiger partial charge in [-0.1, -0.05) is 66.7 Å². The second-order valence-corrected chi connectivity index (χ2v) is 4.84. The van der Waals surface area contributed by atoms with Crippen LogP contribution in [0.5, 0.6) is 0 Å². The van der Waals surface area contributed by atoms with E-state index in [1.54, 1.807) is 0 Å². The number of rotatable bonds is 4. The van der Waals surface area contributed by atoms with E-state index < -0.39 is 0 Å². The zero-order valence-corrected chi connectivity index (χ0v) is 11.5. The Hall–Kier alpha value is -2.42. The quantitative estimate of drug-likeness (QED) is 0.720. The van der Waals surface area contributed by atoms with Crippen molar-refractivity contribution in [2.45, 2.75) is 19.9 Å². The van der Waals surface area contributed by atoms with Gasteiger partial charge in [0.1, 0.15) is 5.69 Å². The maximum Gasteiger partial charge on any atom is 0.113 e. The normalized spacial score (nSPS) is 10.7. The third kappa shape index (κ3) is 2.77. The Bertz CT molecular complexity index is 669. The third-order valence-corrected chi connectivity index (χ3v) is 3.38. The van der Waals surface area contributed by atoms with Crippen LogP contribution in [0.2, 0.25) is 0 Å². The molecule has 0 unspecified atom stereocenters. The molecule has 0 aliphatic carbocycles. The number of aromatic nitrogens is 3. The van der Waals surface area contributed by atoms with Gasteiger partial charge in [-0.15, -0.1) is 5.10 Å². The Morgan fingerprint density at radius 1 is 0.900 bits per heavy atom. The van der Waals surface area contributed by atoms with Crippen molar-refractivity contribution < 1.29 is 0 Å². The van der Waals surface area contributed by atoms with Gasteiger partial charge in [-0.05, 0) is 17.5 Å². The van der Waals surface area contributed by atoms with Crippen LogP contribution in [0.15, 0.2) is 60.8 Å². The Balaban J connectivity index is 1.79. The van der Waals surface area contributed by atoms with E-state index >= 15 is 0 Å². The molecule has 1 heterocycles. The van der Waals surface area contributed by atoms with E-state index in [2.05, 4.69) is 53.6 Å². The monoisotopic (exact) mass is 263 g/mol. The molecule has 3 aromatic rings. The number of benzene rings is 2. The van der Waals surface area contributed by atoms with Gasteiger partial charge in [0.25, 0.3) is 0 Å². The summed E-state index contributed by atoms with van der Waals surface area (Å²) in [5, 5.41) is 8.45. The van der Waals surface area contributed by atoms with Crippen LogP contribution in [-0.4, -0.2) is 15.0 Å². The highest BCUT2D eigenvalue weighted by Gasteiger charge is 2.04. The lowest BCUT2D eigenvalue weighted by atomic mass is 10.1. The van der Waals surface area contributed by atoms with Gasteiger partial charge in [0.15, 0.2) is 0 Å². The van der Waals surface area contributed by atoms with E-state index in [1.807, 2.05) is 29.1 Å². The fourth-order valence-electron chi connectivity index (χ4n) is 2.19. The Morgan fingerprint density at radius 2 is 1.65 bits per heavy atom. The summed E-state index contributed by atoms with van der Waals surface area (Å²) in [6.45, 7) is 2.91. The van der Waals surface area contributed by atoms with Gasteiger partial charge in [-0.3, -0.25) is 0 Å². The molecule has 0 N–H and O–H groups in total. The van der Waals surface area contributed by atoms with Crippen molar-refractivity contribution in [1.82, 2.24) is 15.0 Å². The molecule has 20 heavy (non-hydrogen) atoms. The minimum absolute atomic E-state index is 0.751. The van der Waals surface area contributed by atoms with E-state index in [0.29, 0.717) is 0 Å². The standard InChI is InChI=1S/C17H17N3/c1-2-14-8-10-16(11-9-14)17-13-20(19-18-17)12-15-6-4-3-5-7-15/h3-11,13H,2,12H2,1H3. The summed E-state index contributed by atoms with van der Waals surface area (Å²) in [5.74, 6) is 0. The molecule has 0 atom stereocenters. The van der Waals surface area contributed by atoms with Gasteiger partial charge in [-0.25, -0.2) is 4.68 Å². The number of hydrogen-bond acceptors (Lipinski definition) is 2. The molecule has 100 valence electrons. The van der Waals surface area contributed by atoms with Crippen LogP contribution in [0.4, 0.5) is 0 Å². The summed E-state index contributed by atoms with van der Waals surface area (Å²) in [4.78, 5) is 0. The van der Waals surface area contributed by atoms with Gasteiger partial charge in [-0.2, -0.15) is 0 Å². The molecule has 0 amide bonds. The summed E-state index contributed by atoms with van der Waals surface area (Å²) >= 11 is 0. The van der Waals surface area contributed by atoms with E-state index in [4.69, 9.17) is 0 Å². The predicted octanol–water partition coefficient (Wildman–Crippen LogP) is 3.56. The molecule has 3 rings (SSSR count). The van der Waals surface area contributed by atoms with Crippen LogP contribution < -0.4 is 0 Å². The first-order chi connectivity index (χ1) is 9.85. The summed E-state index contributed by atoms with van der Waals surface area (Å²) in [7, 11) is 0. The second-order valence-electron chi connectivity index (χ2n) is 4.84. The van der Waals surface area contributed by atoms with E-state index in [0.717, 1.165) is 24.2 Å². The van der Waals surface area contributed by atoms with Crippen molar-refractivity contribution in [3.8, 4) is 11.3 Å².